The second-order valence-corrected chi connectivity index (χ2v) is 8.20. The van der Waals surface area contributed by atoms with E-state index >= 15 is 0 Å². The lowest BCUT2D eigenvalue weighted by molar-refractivity contribution is -0.115. The summed E-state index contributed by atoms with van der Waals surface area (Å²) in [7, 11) is -3.24. The highest BCUT2D eigenvalue weighted by Gasteiger charge is 2.48. The molecule has 0 aromatic carbocycles. The average molecular weight is 345 g/mol. The van der Waals surface area contributed by atoms with Crippen LogP contribution in [0.15, 0.2) is 11.6 Å². The number of carbonyl (C=O) groups excluding carboxylic acids is 1. The summed E-state index contributed by atoms with van der Waals surface area (Å²) < 4.78 is 16.9. The van der Waals surface area contributed by atoms with E-state index in [1.165, 1.54) is 32.1 Å². The van der Waals surface area contributed by atoms with Crippen LogP contribution in [0.5, 0.6) is 0 Å². The summed E-state index contributed by atoms with van der Waals surface area (Å²) in [6, 6.07) is 0. The standard InChI is InChI=1S/C18H36O4Si/c1-6-10-11-12-13-14-15-17(5)16-18(19)23(20-7-2,21-8-3)22-9-4/h16H,6-15H2,1-5H3. The molecule has 0 aromatic heterocycles. The highest BCUT2D eigenvalue weighted by Crippen LogP contribution is 2.16. The van der Waals surface area contributed by atoms with Crippen molar-refractivity contribution >= 4 is 14.2 Å². The molecule has 0 aromatic rings. The van der Waals surface area contributed by atoms with E-state index in [0.29, 0.717) is 19.8 Å². The van der Waals surface area contributed by atoms with Crippen LogP contribution in [0.4, 0.5) is 0 Å². The fourth-order valence-electron chi connectivity index (χ4n) is 2.48. The van der Waals surface area contributed by atoms with E-state index in [1.54, 1.807) is 6.08 Å². The number of hydrogen-bond donors (Lipinski definition) is 0. The lowest BCUT2D eigenvalue weighted by Gasteiger charge is -2.25. The summed E-state index contributed by atoms with van der Waals surface area (Å²) in [5, 5.41) is -0.119. The van der Waals surface area contributed by atoms with Gasteiger partial charge in [0, 0.05) is 19.8 Å². The first-order valence-electron chi connectivity index (χ1n) is 9.19. The van der Waals surface area contributed by atoms with Gasteiger partial charge in [0.1, 0.15) is 0 Å². The fraction of sp³-hybridized carbons (Fsp3) is 0.833. The summed E-state index contributed by atoms with van der Waals surface area (Å²) in [5.74, 6) is 0. The smallest absolute Gasteiger partial charge is 0.368 e. The Bertz CT molecular complexity index is 325. The topological polar surface area (TPSA) is 44.8 Å². The Kier molecular flexibility index (Phi) is 13.6. The van der Waals surface area contributed by atoms with Gasteiger partial charge in [-0.1, -0.05) is 44.6 Å². The van der Waals surface area contributed by atoms with Gasteiger partial charge in [-0.25, -0.2) is 0 Å². The summed E-state index contributed by atoms with van der Waals surface area (Å²) in [6.07, 6.45) is 10.2. The molecule has 0 fully saturated rings. The van der Waals surface area contributed by atoms with E-state index in [4.69, 9.17) is 13.3 Å². The van der Waals surface area contributed by atoms with Gasteiger partial charge in [-0.15, -0.1) is 0 Å². The van der Waals surface area contributed by atoms with Crippen LogP contribution in [0.25, 0.3) is 0 Å². The van der Waals surface area contributed by atoms with Crippen LogP contribution in [0.2, 0.25) is 0 Å². The number of carbonyl (C=O) groups is 1. The molecule has 0 rings (SSSR count). The summed E-state index contributed by atoms with van der Waals surface area (Å²) in [5.41, 5.74) is 1.08. The van der Waals surface area contributed by atoms with E-state index in [2.05, 4.69) is 6.92 Å². The number of allylic oxidation sites excluding steroid dienone is 2. The first-order valence-corrected chi connectivity index (χ1v) is 10.9. The van der Waals surface area contributed by atoms with Gasteiger partial charge in [0.05, 0.1) is 0 Å². The molecule has 0 radical (unpaired) electrons. The molecule has 0 heterocycles. The van der Waals surface area contributed by atoms with E-state index in [-0.39, 0.29) is 5.41 Å². The summed E-state index contributed by atoms with van der Waals surface area (Å²) in [6.45, 7) is 11.1. The molecule has 0 spiro atoms. The van der Waals surface area contributed by atoms with Gasteiger partial charge in [0.15, 0.2) is 0 Å². The Morgan fingerprint density at radius 1 is 0.826 bits per heavy atom. The Morgan fingerprint density at radius 3 is 1.78 bits per heavy atom. The van der Waals surface area contributed by atoms with Gasteiger partial charge in [-0.3, -0.25) is 4.79 Å². The third kappa shape index (κ3) is 9.40. The molecular formula is C18H36O4Si. The molecule has 5 heteroatoms. The maximum atomic E-state index is 12.6. The van der Waals surface area contributed by atoms with Gasteiger partial charge < -0.3 is 13.3 Å². The largest absolute Gasteiger partial charge is 0.579 e. The molecule has 0 N–H and O–H groups in total. The van der Waals surface area contributed by atoms with Crippen molar-refractivity contribution in [3.05, 3.63) is 11.6 Å². The molecule has 136 valence electrons. The van der Waals surface area contributed by atoms with Gasteiger partial charge >= 0.3 is 8.80 Å². The molecule has 0 saturated heterocycles. The van der Waals surface area contributed by atoms with Crippen molar-refractivity contribution in [1.29, 1.82) is 0 Å². The van der Waals surface area contributed by atoms with Crippen LogP contribution < -0.4 is 0 Å². The van der Waals surface area contributed by atoms with Crippen molar-refractivity contribution in [2.75, 3.05) is 19.8 Å². The molecule has 0 aliphatic rings. The van der Waals surface area contributed by atoms with E-state index < -0.39 is 8.80 Å². The van der Waals surface area contributed by atoms with Gasteiger partial charge in [-0.05, 0) is 46.6 Å². The molecular weight excluding hydrogens is 308 g/mol. The van der Waals surface area contributed by atoms with Crippen molar-refractivity contribution < 1.29 is 18.1 Å². The highest BCUT2D eigenvalue weighted by molar-refractivity contribution is 6.94. The first-order chi connectivity index (χ1) is 11.1. The SMILES string of the molecule is CCCCCCCCC(C)=CC(=O)[Si](OCC)(OCC)OCC. The number of rotatable bonds is 15. The predicted octanol–water partition coefficient (Wildman–Crippen LogP) is 4.84. The summed E-state index contributed by atoms with van der Waals surface area (Å²) in [4.78, 5) is 12.6. The minimum Gasteiger partial charge on any atom is -0.368 e. The minimum absolute atomic E-state index is 0.119. The monoisotopic (exact) mass is 344 g/mol. The molecule has 0 unspecified atom stereocenters. The van der Waals surface area contributed by atoms with Crippen LogP contribution in [-0.4, -0.2) is 34.0 Å². The lowest BCUT2D eigenvalue weighted by Crippen LogP contribution is -2.53. The van der Waals surface area contributed by atoms with Gasteiger partial charge in [-0.2, -0.15) is 0 Å². The fourth-order valence-corrected chi connectivity index (χ4v) is 4.72. The Balaban J connectivity index is 4.55. The van der Waals surface area contributed by atoms with Crippen molar-refractivity contribution in [3.63, 3.8) is 0 Å². The van der Waals surface area contributed by atoms with Gasteiger partial charge in [0.2, 0.25) is 5.41 Å². The molecule has 0 atom stereocenters. The zero-order valence-corrected chi connectivity index (χ0v) is 16.8. The van der Waals surface area contributed by atoms with E-state index in [1.807, 2.05) is 27.7 Å². The molecule has 23 heavy (non-hydrogen) atoms. The average Bonchev–Trinajstić information content (AvgIpc) is 2.51. The Labute approximate surface area is 144 Å². The summed E-state index contributed by atoms with van der Waals surface area (Å²) >= 11 is 0. The second-order valence-electron chi connectivity index (χ2n) is 5.73. The minimum atomic E-state index is -3.24. The number of hydrogen-bond acceptors (Lipinski definition) is 4. The number of unbranched alkanes of at least 4 members (excludes halogenated alkanes) is 5. The van der Waals surface area contributed by atoms with Crippen molar-refractivity contribution in [1.82, 2.24) is 0 Å². The van der Waals surface area contributed by atoms with E-state index in [0.717, 1.165) is 18.4 Å². The Hall–Kier alpha value is -0.493. The van der Waals surface area contributed by atoms with Crippen LogP contribution in [0.3, 0.4) is 0 Å². The molecule has 4 nitrogen and oxygen atoms in total. The predicted molar refractivity (Wildman–Crippen MR) is 97.4 cm³/mol. The van der Waals surface area contributed by atoms with Crippen LogP contribution in [0, 0.1) is 0 Å². The Morgan fingerprint density at radius 2 is 1.30 bits per heavy atom. The molecule has 0 aliphatic carbocycles. The second kappa shape index (κ2) is 13.9. The zero-order valence-electron chi connectivity index (χ0n) is 15.8. The molecule has 0 bridgehead atoms. The normalized spacial score (nSPS) is 12.7. The van der Waals surface area contributed by atoms with Crippen LogP contribution >= 0.6 is 0 Å². The zero-order chi connectivity index (χ0) is 17.6. The third-order valence-electron chi connectivity index (χ3n) is 3.61. The van der Waals surface area contributed by atoms with Crippen LogP contribution in [-0.2, 0) is 18.1 Å². The van der Waals surface area contributed by atoms with E-state index in [9.17, 15) is 4.79 Å². The van der Waals surface area contributed by atoms with Crippen LogP contribution in [0.1, 0.15) is 79.6 Å². The third-order valence-corrected chi connectivity index (χ3v) is 6.36. The van der Waals surface area contributed by atoms with Crippen molar-refractivity contribution in [2.24, 2.45) is 0 Å². The first kappa shape index (κ1) is 22.5. The highest BCUT2D eigenvalue weighted by atomic mass is 28.4. The molecule has 0 amide bonds. The lowest BCUT2D eigenvalue weighted by atomic mass is 10.1. The van der Waals surface area contributed by atoms with Gasteiger partial charge in [0.25, 0.3) is 0 Å². The maximum absolute atomic E-state index is 12.6. The maximum Gasteiger partial charge on any atom is 0.579 e. The van der Waals surface area contributed by atoms with Crippen molar-refractivity contribution in [2.45, 2.75) is 79.6 Å². The molecule has 0 aliphatic heterocycles. The molecule has 0 saturated carbocycles. The van der Waals surface area contributed by atoms with Crippen molar-refractivity contribution in [3.8, 4) is 0 Å². The quantitative estimate of drug-likeness (QED) is 0.242.